The molecule has 2 fully saturated rings. The van der Waals surface area contributed by atoms with Gasteiger partial charge in [0, 0.05) is 18.7 Å². The van der Waals surface area contributed by atoms with Crippen molar-refractivity contribution in [2.45, 2.75) is 43.5 Å². The van der Waals surface area contributed by atoms with Crippen LogP contribution in [0.4, 0.5) is 11.4 Å². The number of hydrogen-bond donors (Lipinski definition) is 0. The van der Waals surface area contributed by atoms with Gasteiger partial charge in [0.2, 0.25) is 0 Å². The molecule has 0 bridgehead atoms. The highest BCUT2D eigenvalue weighted by Crippen LogP contribution is 2.56. The van der Waals surface area contributed by atoms with Crippen LogP contribution in [-0.2, 0) is 20.0 Å². The van der Waals surface area contributed by atoms with Crippen molar-refractivity contribution in [3.8, 4) is 0 Å². The van der Waals surface area contributed by atoms with Crippen LogP contribution in [0.1, 0.15) is 46.2 Å². The van der Waals surface area contributed by atoms with E-state index in [2.05, 4.69) is 74.7 Å². The quantitative estimate of drug-likeness (QED) is 0.105. The number of para-hydroxylation sites is 2. The second-order valence-corrected chi connectivity index (χ2v) is 23.3. The monoisotopic (exact) mass is 1090 g/mol. The molecule has 8 nitrogen and oxygen atoms in total. The number of nitrogens with zero attached hydrogens (tertiary/aromatic N) is 4. The zero-order valence-corrected chi connectivity index (χ0v) is 42.3. The average molecular weight is 1100 g/mol. The minimum absolute atomic E-state index is 0.0970. The van der Waals surface area contributed by atoms with Gasteiger partial charge >= 0.3 is 0 Å². The van der Waals surface area contributed by atoms with Gasteiger partial charge in [0.25, 0.3) is 20.0 Å². The summed E-state index contributed by atoms with van der Waals surface area (Å²) in [6.45, 7) is 0. The summed E-state index contributed by atoms with van der Waals surface area (Å²) >= 11 is 6.87. The van der Waals surface area contributed by atoms with Gasteiger partial charge in [-0.2, -0.15) is 16.8 Å². The van der Waals surface area contributed by atoms with E-state index in [1.807, 2.05) is 146 Å². The second kappa shape index (κ2) is 19.7. The summed E-state index contributed by atoms with van der Waals surface area (Å²) in [6.07, 6.45) is 0. The number of sulfonamides is 2. The van der Waals surface area contributed by atoms with E-state index < -0.39 is 20.0 Å². The summed E-state index contributed by atoms with van der Waals surface area (Å²) in [6, 6.07) is 68.5. The molecule has 0 aliphatic carbocycles. The fraction of sp³-hybridized carbons (Fsp3) is 0.0741. The van der Waals surface area contributed by atoms with E-state index >= 15 is 0 Å². The third-order valence-electron chi connectivity index (χ3n) is 12.0. The SMILES string of the molecule is O=S(=O)(N=C1C(c2ccccc2)C(c2ccccc2)N1c1ccccc1SSc1ccccc1N1/C(=N\S(=O)(=O)c2ccc(Br)cc2)C(c2ccccc2)C1c1ccccc1)c1ccc(Br)cc1. The molecule has 338 valence electrons. The molecular weight excluding hydrogens is 1060 g/mol. The van der Waals surface area contributed by atoms with Gasteiger partial charge in [-0.05, 0) is 95.1 Å². The number of halogens is 2. The van der Waals surface area contributed by atoms with Crippen LogP contribution in [0, 0.1) is 0 Å². The summed E-state index contributed by atoms with van der Waals surface area (Å²) in [5.41, 5.74) is 5.53. The van der Waals surface area contributed by atoms with Crippen LogP contribution in [-0.4, -0.2) is 28.5 Å². The van der Waals surface area contributed by atoms with Gasteiger partial charge < -0.3 is 9.80 Å². The molecule has 2 heterocycles. The fourth-order valence-electron chi connectivity index (χ4n) is 8.82. The first kappa shape index (κ1) is 46.0. The smallest absolute Gasteiger partial charge is 0.283 e. The van der Waals surface area contributed by atoms with Crippen LogP contribution in [0.15, 0.2) is 256 Å². The summed E-state index contributed by atoms with van der Waals surface area (Å²) in [7, 11) is -5.21. The Balaban J connectivity index is 1.07. The fourth-order valence-corrected chi connectivity index (χ4v) is 13.8. The number of hydrogen-bond acceptors (Lipinski definition) is 6. The minimum Gasteiger partial charge on any atom is -0.319 e. The predicted molar refractivity (Wildman–Crippen MR) is 284 cm³/mol. The lowest BCUT2D eigenvalue weighted by molar-refractivity contribution is 0.563. The van der Waals surface area contributed by atoms with Gasteiger partial charge in [-0.1, -0.05) is 199 Å². The van der Waals surface area contributed by atoms with Crippen molar-refractivity contribution < 1.29 is 16.8 Å². The Hall–Kier alpha value is -5.74. The molecule has 0 aromatic heterocycles. The third kappa shape index (κ3) is 9.25. The van der Waals surface area contributed by atoms with Gasteiger partial charge in [0.15, 0.2) is 0 Å². The molecule has 10 rings (SSSR count). The van der Waals surface area contributed by atoms with Crippen LogP contribution in [0.5, 0.6) is 0 Å². The van der Waals surface area contributed by atoms with Gasteiger partial charge in [0.1, 0.15) is 11.7 Å². The number of anilines is 2. The van der Waals surface area contributed by atoms with E-state index in [1.54, 1.807) is 48.5 Å². The molecule has 2 aliphatic rings. The van der Waals surface area contributed by atoms with Crippen molar-refractivity contribution in [2.24, 2.45) is 8.80 Å². The zero-order valence-electron chi connectivity index (χ0n) is 35.9. The van der Waals surface area contributed by atoms with E-state index in [-0.39, 0.29) is 33.7 Å². The average Bonchev–Trinajstić information content (AvgIpc) is 3.35. The van der Waals surface area contributed by atoms with Gasteiger partial charge in [-0.15, -0.1) is 8.80 Å². The van der Waals surface area contributed by atoms with Crippen molar-refractivity contribution in [3.63, 3.8) is 0 Å². The molecule has 14 heteroatoms. The first-order chi connectivity index (χ1) is 33.1. The van der Waals surface area contributed by atoms with E-state index in [4.69, 9.17) is 0 Å². The van der Waals surface area contributed by atoms with Crippen LogP contribution >= 0.6 is 53.4 Å². The maximum Gasteiger partial charge on any atom is 0.283 e. The van der Waals surface area contributed by atoms with E-state index in [0.29, 0.717) is 11.7 Å². The Kier molecular flexibility index (Phi) is 13.3. The van der Waals surface area contributed by atoms with Crippen molar-refractivity contribution >= 4 is 96.5 Å². The van der Waals surface area contributed by atoms with Crippen LogP contribution < -0.4 is 9.80 Å². The van der Waals surface area contributed by atoms with Gasteiger partial charge in [-0.3, -0.25) is 0 Å². The van der Waals surface area contributed by atoms with Crippen LogP contribution in [0.2, 0.25) is 0 Å². The van der Waals surface area contributed by atoms with E-state index in [9.17, 15) is 16.8 Å². The molecule has 4 atom stereocenters. The Bertz CT molecular complexity index is 3140. The van der Waals surface area contributed by atoms with Gasteiger partial charge in [-0.25, -0.2) is 0 Å². The summed E-state index contributed by atoms with van der Waals surface area (Å²) in [5, 5.41) is 0. The molecule has 0 N–H and O–H groups in total. The maximum absolute atomic E-state index is 14.2. The Morgan fingerprint density at radius 3 is 1.00 bits per heavy atom. The van der Waals surface area contributed by atoms with Crippen molar-refractivity contribution in [3.05, 3.63) is 250 Å². The lowest BCUT2D eigenvalue weighted by atomic mass is 9.77. The predicted octanol–water partition coefficient (Wildman–Crippen LogP) is 14.3. The van der Waals surface area contributed by atoms with Crippen LogP contribution in [0.3, 0.4) is 0 Å². The highest BCUT2D eigenvalue weighted by atomic mass is 79.9. The minimum atomic E-state index is -4.14. The van der Waals surface area contributed by atoms with E-state index in [0.717, 1.165) is 52.4 Å². The molecule has 0 amide bonds. The first-order valence-electron chi connectivity index (χ1n) is 21.6. The normalized spacial score (nSPS) is 19.4. The van der Waals surface area contributed by atoms with Crippen LogP contribution in [0.25, 0.3) is 0 Å². The molecule has 8 aromatic rings. The lowest BCUT2D eigenvalue weighted by Gasteiger charge is -2.51. The van der Waals surface area contributed by atoms with Crippen molar-refractivity contribution in [1.29, 1.82) is 0 Å². The molecule has 8 aromatic carbocycles. The largest absolute Gasteiger partial charge is 0.319 e. The molecule has 0 saturated carbocycles. The van der Waals surface area contributed by atoms with E-state index in [1.165, 1.54) is 21.6 Å². The molecule has 0 radical (unpaired) electrons. The zero-order chi connectivity index (χ0) is 46.8. The standard InChI is InChI=1S/C54H40Br2N4O4S4/c55-41-29-33-43(34-30-41)67(61,62)57-53-49(37-17-5-1-6-18-37)51(39-21-9-3-10-22-39)59(53)45-25-13-15-27-47(45)65-66-48-28-16-14-26-46(48)60-52(40-23-11-4-12-24-40)50(38-19-7-2-8-20-38)54(60)58-68(63,64)44-35-31-42(56)32-36-44/h1-36,49-52H/b57-53-,58-54?. The highest BCUT2D eigenvalue weighted by Gasteiger charge is 2.51. The summed E-state index contributed by atoms with van der Waals surface area (Å²) in [4.78, 5) is 6.07. The van der Waals surface area contributed by atoms with Crippen molar-refractivity contribution in [2.75, 3.05) is 9.80 Å². The highest BCUT2D eigenvalue weighted by molar-refractivity contribution is 9.10. The van der Waals surface area contributed by atoms with Gasteiger partial charge in [0.05, 0.1) is 45.1 Å². The topological polar surface area (TPSA) is 99.5 Å². The Morgan fingerprint density at radius 1 is 0.368 bits per heavy atom. The second-order valence-electron chi connectivity index (χ2n) is 16.1. The Morgan fingerprint density at radius 2 is 0.662 bits per heavy atom. The Labute approximate surface area is 421 Å². The molecule has 2 saturated heterocycles. The lowest BCUT2D eigenvalue weighted by Crippen LogP contribution is -2.54. The molecular formula is C54H40Br2N4O4S4. The summed E-state index contributed by atoms with van der Waals surface area (Å²) < 4.78 is 67.8. The number of amidine groups is 2. The first-order valence-corrected chi connectivity index (χ1v) is 28.2. The molecule has 68 heavy (non-hydrogen) atoms. The third-order valence-corrected chi connectivity index (χ3v) is 18.1. The molecule has 2 aliphatic heterocycles. The summed E-state index contributed by atoms with van der Waals surface area (Å²) in [5.74, 6) is 0.0797. The number of benzene rings is 8. The molecule has 4 unspecified atom stereocenters. The number of rotatable bonds is 13. The maximum atomic E-state index is 14.2. The van der Waals surface area contributed by atoms with Crippen molar-refractivity contribution in [1.82, 2.24) is 0 Å². The molecule has 0 spiro atoms.